The Morgan fingerprint density at radius 2 is 2.10 bits per heavy atom. The van der Waals surface area contributed by atoms with E-state index in [0.29, 0.717) is 12.2 Å². The number of anilines is 3. The summed E-state index contributed by atoms with van der Waals surface area (Å²) in [5, 5.41) is 13.5. The van der Waals surface area contributed by atoms with E-state index in [1.807, 2.05) is 38.1 Å². The van der Waals surface area contributed by atoms with Crippen LogP contribution in [0.4, 0.5) is 22.0 Å². The third-order valence-corrected chi connectivity index (χ3v) is 7.59. The molecule has 31 heavy (non-hydrogen) atoms. The first-order valence-electron chi connectivity index (χ1n) is 10.6. The zero-order chi connectivity index (χ0) is 22.2. The highest BCUT2D eigenvalue weighted by atomic mass is 32.2. The summed E-state index contributed by atoms with van der Waals surface area (Å²) in [6.45, 7) is 3.81. The molecule has 1 saturated carbocycles. The third kappa shape index (κ3) is 4.79. The molecule has 2 aliphatic rings. The fourth-order valence-electron chi connectivity index (χ4n) is 4.20. The Hall–Kier alpha value is -2.75. The zero-order valence-electron chi connectivity index (χ0n) is 18.0. The molecule has 0 spiro atoms. The number of aromatic amines is 1. The highest BCUT2D eigenvalue weighted by molar-refractivity contribution is 7.92. The molecule has 1 aromatic heterocycles. The quantitative estimate of drug-likeness (QED) is 0.648. The lowest BCUT2D eigenvalue weighted by Crippen LogP contribution is -2.34. The van der Waals surface area contributed by atoms with Crippen LogP contribution in [0.15, 0.2) is 24.3 Å². The van der Waals surface area contributed by atoms with E-state index < -0.39 is 10.0 Å². The van der Waals surface area contributed by atoms with Gasteiger partial charge in [0.15, 0.2) is 5.82 Å². The van der Waals surface area contributed by atoms with Gasteiger partial charge in [0, 0.05) is 36.5 Å². The average Bonchev–Trinajstić information content (AvgIpc) is 3.34. The van der Waals surface area contributed by atoms with Crippen LogP contribution in [0.1, 0.15) is 50.3 Å². The summed E-state index contributed by atoms with van der Waals surface area (Å²) in [5.74, 6) is 1.09. The smallest absolute Gasteiger partial charge is 0.407 e. The highest BCUT2D eigenvalue weighted by Gasteiger charge is 2.30. The fourth-order valence-corrected chi connectivity index (χ4v) is 5.43. The van der Waals surface area contributed by atoms with Crippen LogP contribution in [0.2, 0.25) is 0 Å². The molecule has 1 aromatic carbocycles. The predicted molar refractivity (Wildman–Crippen MR) is 119 cm³/mol. The number of hydrogen-bond donors (Lipinski definition) is 3. The van der Waals surface area contributed by atoms with Crippen LogP contribution in [0.25, 0.3) is 0 Å². The third-order valence-electron chi connectivity index (χ3n) is 5.84. The van der Waals surface area contributed by atoms with Crippen molar-refractivity contribution < 1.29 is 17.9 Å². The second-order valence-corrected chi connectivity index (χ2v) is 10.7. The van der Waals surface area contributed by atoms with E-state index in [1.54, 1.807) is 7.05 Å². The normalized spacial score (nSPS) is 22.3. The molecule has 9 nitrogen and oxygen atoms in total. The Kier molecular flexibility index (Phi) is 5.83. The molecular formula is C21H29N5O4S. The first-order chi connectivity index (χ1) is 14.7. The summed E-state index contributed by atoms with van der Waals surface area (Å²) in [6, 6.07) is 7.69. The predicted octanol–water partition coefficient (Wildman–Crippen LogP) is 3.25. The molecular weight excluding hydrogens is 418 g/mol. The molecule has 2 heterocycles. The molecule has 10 heteroatoms. The minimum atomic E-state index is -3.21. The lowest BCUT2D eigenvalue weighted by atomic mass is 10.0. The van der Waals surface area contributed by atoms with Gasteiger partial charge in [0.1, 0.15) is 6.10 Å². The molecule has 1 fully saturated rings. The van der Waals surface area contributed by atoms with Gasteiger partial charge >= 0.3 is 6.09 Å². The summed E-state index contributed by atoms with van der Waals surface area (Å²) in [4.78, 5) is 11.8. The zero-order valence-corrected chi connectivity index (χ0v) is 18.8. The van der Waals surface area contributed by atoms with E-state index in [0.717, 1.165) is 41.9 Å². The maximum atomic E-state index is 12.0. The Balaban J connectivity index is 1.37. The van der Waals surface area contributed by atoms with Crippen molar-refractivity contribution >= 4 is 33.3 Å². The van der Waals surface area contributed by atoms with E-state index in [-0.39, 0.29) is 29.9 Å². The SMILES string of the molecule is CC(C)NC(=O)O[C@@H]1CC[C@H](c2cc(Nc3ccc4c(c3)CCS(=O)(=O)N4C)n[nH]2)C1. The number of nitrogens with one attached hydrogen (secondary N) is 3. The Labute approximate surface area is 182 Å². The molecule has 168 valence electrons. The van der Waals surface area contributed by atoms with E-state index in [4.69, 9.17) is 4.74 Å². The largest absolute Gasteiger partial charge is 0.446 e. The number of carbonyl (C=O) groups excluding carboxylic acids is 1. The number of aryl methyl sites for hydroxylation is 1. The number of H-pyrrole nitrogens is 1. The monoisotopic (exact) mass is 447 g/mol. The average molecular weight is 448 g/mol. The summed E-state index contributed by atoms with van der Waals surface area (Å²) in [6.07, 6.45) is 2.58. The van der Waals surface area contributed by atoms with Gasteiger partial charge in [-0.05, 0) is 63.3 Å². The Morgan fingerprint density at radius 1 is 1.29 bits per heavy atom. The molecule has 2 aromatic rings. The van der Waals surface area contributed by atoms with Gasteiger partial charge in [-0.2, -0.15) is 5.10 Å². The highest BCUT2D eigenvalue weighted by Crippen LogP contribution is 2.36. The number of nitrogens with zero attached hydrogens (tertiary/aromatic N) is 2. The van der Waals surface area contributed by atoms with E-state index >= 15 is 0 Å². The van der Waals surface area contributed by atoms with E-state index in [9.17, 15) is 13.2 Å². The van der Waals surface area contributed by atoms with Crippen molar-refractivity contribution in [2.75, 3.05) is 22.4 Å². The summed E-state index contributed by atoms with van der Waals surface area (Å²) >= 11 is 0. The maximum Gasteiger partial charge on any atom is 0.407 e. The van der Waals surface area contributed by atoms with Crippen molar-refractivity contribution in [2.24, 2.45) is 0 Å². The van der Waals surface area contributed by atoms with Gasteiger partial charge < -0.3 is 15.4 Å². The van der Waals surface area contributed by atoms with Gasteiger partial charge in [-0.3, -0.25) is 9.40 Å². The standard InChI is InChI=1S/C21H29N5O4S/c1-13(2)22-21(27)30-17-6-4-14(11-17)18-12-20(25-24-18)23-16-5-7-19-15(10-16)8-9-31(28,29)26(19)3/h5,7,10,12-14,17H,4,6,8-9,11H2,1-3H3,(H,22,27)(H2,23,24,25)/t14-,17+/m0/s1. The molecule has 4 rings (SSSR count). The van der Waals surface area contributed by atoms with Crippen LogP contribution in [0.5, 0.6) is 0 Å². The first kappa shape index (κ1) is 21.5. The van der Waals surface area contributed by atoms with Gasteiger partial charge in [-0.1, -0.05) is 0 Å². The maximum absolute atomic E-state index is 12.0. The minimum Gasteiger partial charge on any atom is -0.446 e. The number of ether oxygens (including phenoxy) is 1. The second-order valence-electron chi connectivity index (χ2n) is 8.55. The molecule has 3 N–H and O–H groups in total. The van der Waals surface area contributed by atoms with E-state index in [1.165, 1.54) is 4.31 Å². The van der Waals surface area contributed by atoms with Gasteiger partial charge in [-0.25, -0.2) is 13.2 Å². The number of amides is 1. The number of sulfonamides is 1. The van der Waals surface area contributed by atoms with Crippen LogP contribution in [0, 0.1) is 0 Å². The van der Waals surface area contributed by atoms with Crippen molar-refractivity contribution in [3.63, 3.8) is 0 Å². The number of rotatable bonds is 5. The van der Waals surface area contributed by atoms with Crippen LogP contribution in [-0.2, 0) is 21.2 Å². The van der Waals surface area contributed by atoms with Crippen LogP contribution >= 0.6 is 0 Å². The molecule has 2 atom stereocenters. The van der Waals surface area contributed by atoms with Crippen molar-refractivity contribution in [1.29, 1.82) is 0 Å². The first-order valence-corrected chi connectivity index (χ1v) is 12.2. The summed E-state index contributed by atoms with van der Waals surface area (Å²) in [5.41, 5.74) is 3.59. The Morgan fingerprint density at radius 3 is 2.87 bits per heavy atom. The number of fused-ring (bicyclic) bond motifs is 1. The van der Waals surface area contributed by atoms with Crippen molar-refractivity contribution in [3.05, 3.63) is 35.5 Å². The van der Waals surface area contributed by atoms with Gasteiger partial charge in [0.05, 0.1) is 11.4 Å². The topological polar surface area (TPSA) is 116 Å². The van der Waals surface area contributed by atoms with Crippen molar-refractivity contribution in [1.82, 2.24) is 15.5 Å². The molecule has 0 unspecified atom stereocenters. The van der Waals surface area contributed by atoms with E-state index in [2.05, 4.69) is 20.8 Å². The number of aromatic nitrogens is 2. The van der Waals surface area contributed by atoms with Crippen LogP contribution in [0.3, 0.4) is 0 Å². The summed E-state index contributed by atoms with van der Waals surface area (Å²) in [7, 11) is -1.62. The summed E-state index contributed by atoms with van der Waals surface area (Å²) < 4.78 is 30.9. The number of alkyl carbamates (subject to hydrolysis) is 1. The lowest BCUT2D eigenvalue weighted by molar-refractivity contribution is 0.0981. The van der Waals surface area contributed by atoms with Gasteiger partial charge in [0.25, 0.3) is 0 Å². The molecule has 1 aliphatic carbocycles. The second kappa shape index (κ2) is 8.41. The molecule has 0 bridgehead atoms. The fraction of sp³-hybridized carbons (Fsp3) is 0.524. The molecule has 1 aliphatic heterocycles. The number of benzene rings is 1. The van der Waals surface area contributed by atoms with Gasteiger partial charge in [0.2, 0.25) is 10.0 Å². The number of carbonyl (C=O) groups is 1. The van der Waals surface area contributed by atoms with Crippen molar-refractivity contribution in [2.45, 2.75) is 57.6 Å². The van der Waals surface area contributed by atoms with Crippen LogP contribution < -0.4 is 14.9 Å². The lowest BCUT2D eigenvalue weighted by Gasteiger charge is -2.27. The van der Waals surface area contributed by atoms with Crippen LogP contribution in [-0.4, -0.2) is 49.7 Å². The molecule has 0 radical (unpaired) electrons. The molecule has 1 amide bonds. The molecule has 0 saturated heterocycles. The van der Waals surface area contributed by atoms with Crippen molar-refractivity contribution in [3.8, 4) is 0 Å². The van der Waals surface area contributed by atoms with Gasteiger partial charge in [-0.15, -0.1) is 0 Å². The Bertz CT molecular complexity index is 1070. The number of hydrogen-bond acceptors (Lipinski definition) is 6. The minimum absolute atomic E-state index is 0.0549.